The molecule has 0 saturated carbocycles. The van der Waals surface area contributed by atoms with E-state index < -0.39 is 16.7 Å². The Morgan fingerprint density at radius 2 is 1.64 bits per heavy atom. The van der Waals surface area contributed by atoms with Crippen LogP contribution in [0.1, 0.15) is 110 Å². The second-order valence-electron chi connectivity index (χ2n) is 16.5. The number of rotatable bonds is 18. The lowest BCUT2D eigenvalue weighted by Gasteiger charge is -2.50. The highest BCUT2D eigenvalue weighted by Crippen LogP contribution is 2.33. The van der Waals surface area contributed by atoms with E-state index in [1.807, 2.05) is 57.9 Å². The first-order valence-electron chi connectivity index (χ1n) is 19.5. The van der Waals surface area contributed by atoms with Gasteiger partial charge in [-0.2, -0.15) is 0 Å². The number of carbonyl (C=O) groups is 3. The molecular formula is C42H64N6O5. The van der Waals surface area contributed by atoms with Gasteiger partial charge in [-0.3, -0.25) is 24.3 Å². The average molecular weight is 733 g/mol. The topological polar surface area (TPSA) is 139 Å². The zero-order chi connectivity index (χ0) is 38.8. The first-order valence-corrected chi connectivity index (χ1v) is 19.5. The molecule has 3 amide bonds. The molecule has 53 heavy (non-hydrogen) atoms. The molecule has 0 aromatic heterocycles. The number of amides is 3. The number of aliphatic imine (C=N–C) groups is 1. The zero-order valence-electron chi connectivity index (χ0n) is 33.4. The van der Waals surface area contributed by atoms with E-state index in [4.69, 9.17) is 15.2 Å². The number of unbranched alkanes of at least 4 members (excludes halogenated alkanes) is 1. The Balaban J connectivity index is 1.24. The Morgan fingerprint density at radius 1 is 1.02 bits per heavy atom. The zero-order valence-corrected chi connectivity index (χ0v) is 33.4. The number of nitrogens with two attached hydrogens (primary N) is 1. The molecule has 11 heteroatoms. The summed E-state index contributed by atoms with van der Waals surface area (Å²) in [5.41, 5.74) is 6.02. The lowest BCUT2D eigenvalue weighted by molar-refractivity contribution is -0.157. The van der Waals surface area contributed by atoms with Crippen LogP contribution in [-0.2, 0) is 20.9 Å². The van der Waals surface area contributed by atoms with Gasteiger partial charge in [-0.15, -0.1) is 0 Å². The fourth-order valence-corrected chi connectivity index (χ4v) is 7.04. The van der Waals surface area contributed by atoms with E-state index in [0.29, 0.717) is 48.9 Å². The predicted molar refractivity (Wildman–Crippen MR) is 211 cm³/mol. The van der Waals surface area contributed by atoms with Crippen LogP contribution < -0.4 is 21.1 Å². The van der Waals surface area contributed by atoms with Crippen molar-refractivity contribution in [3.63, 3.8) is 0 Å². The third-order valence-corrected chi connectivity index (χ3v) is 10.6. The number of nitrogens with one attached hydrogen (secondary N) is 2. The Morgan fingerprint density at radius 3 is 2.25 bits per heavy atom. The van der Waals surface area contributed by atoms with Crippen LogP contribution >= 0.6 is 0 Å². The molecule has 2 aromatic carbocycles. The molecule has 2 unspecified atom stereocenters. The summed E-state index contributed by atoms with van der Waals surface area (Å²) in [6, 6.07) is 15.1. The van der Waals surface area contributed by atoms with Crippen LogP contribution in [0.3, 0.4) is 0 Å². The molecule has 292 valence electrons. The Kier molecular flexibility index (Phi) is 14.6. The van der Waals surface area contributed by atoms with Crippen molar-refractivity contribution < 1.29 is 23.9 Å². The van der Waals surface area contributed by atoms with Gasteiger partial charge in [0.05, 0.1) is 23.8 Å². The minimum atomic E-state index is -0.729. The fourth-order valence-electron chi connectivity index (χ4n) is 7.04. The molecule has 2 aliphatic rings. The van der Waals surface area contributed by atoms with E-state index in [-0.39, 0.29) is 36.4 Å². The number of hydrogen-bond donors (Lipinski definition) is 3. The second-order valence-corrected chi connectivity index (χ2v) is 16.5. The molecule has 2 saturated heterocycles. The van der Waals surface area contributed by atoms with Gasteiger partial charge in [-0.05, 0) is 115 Å². The lowest BCUT2D eigenvalue weighted by atomic mass is 9.82. The standard InChI is InChI=1S/C42H64N6O5/c1-9-10-23-48-37(49)28-45-39(51)42(48)20-24-47(25-21-42)29-32-11-15-35(16-12-32)52-36-17-13-33(14-18-36)38(50)46-41(7,8)31(4)53-40(5,6)19-22-44-27-34(43)26-30(2)3/h11-18,27,30-31,34H,9-10,19-26,28-29,43H2,1-8H3,(H,45,51)(H,46,50). The van der Waals surface area contributed by atoms with Crippen molar-refractivity contribution in [2.45, 2.75) is 129 Å². The normalized spacial score (nSPS) is 18.0. The minimum absolute atomic E-state index is 0.0116. The second kappa shape index (κ2) is 18.5. The van der Waals surface area contributed by atoms with Crippen molar-refractivity contribution in [3.05, 3.63) is 59.7 Å². The Bertz CT molecular complexity index is 1530. The van der Waals surface area contributed by atoms with Gasteiger partial charge in [-0.1, -0.05) is 39.3 Å². The largest absolute Gasteiger partial charge is 0.457 e. The summed E-state index contributed by atoms with van der Waals surface area (Å²) in [5.74, 6) is 1.69. The molecule has 2 atom stereocenters. The molecule has 0 aliphatic carbocycles. The van der Waals surface area contributed by atoms with E-state index >= 15 is 0 Å². The number of benzene rings is 2. The van der Waals surface area contributed by atoms with Crippen molar-refractivity contribution in [1.82, 2.24) is 20.4 Å². The third kappa shape index (κ3) is 11.8. The third-order valence-electron chi connectivity index (χ3n) is 10.6. The molecule has 2 heterocycles. The SMILES string of the molecule is CCCCN1C(=O)CNC(=O)C12CCN(Cc1ccc(Oc3ccc(C(=O)NC(C)(C)C(C)OC(C)(C)CCN=CC(N)CC(C)C)cc3)cc1)CC2. The van der Waals surface area contributed by atoms with E-state index in [1.54, 1.807) is 24.3 Å². The quantitative estimate of drug-likeness (QED) is 0.158. The number of ether oxygens (including phenoxy) is 2. The smallest absolute Gasteiger partial charge is 0.251 e. The van der Waals surface area contributed by atoms with E-state index in [0.717, 1.165) is 50.9 Å². The van der Waals surface area contributed by atoms with Crippen molar-refractivity contribution >= 4 is 23.9 Å². The average Bonchev–Trinajstić information content (AvgIpc) is 3.10. The number of carbonyl (C=O) groups excluding carboxylic acids is 3. The van der Waals surface area contributed by atoms with Gasteiger partial charge >= 0.3 is 0 Å². The lowest BCUT2D eigenvalue weighted by Crippen LogP contribution is -2.70. The maximum absolute atomic E-state index is 13.2. The van der Waals surface area contributed by atoms with Crippen LogP contribution in [0.5, 0.6) is 11.5 Å². The predicted octanol–water partition coefficient (Wildman–Crippen LogP) is 6.10. The molecule has 11 nitrogen and oxygen atoms in total. The molecule has 4 rings (SSSR count). The van der Waals surface area contributed by atoms with Gasteiger partial charge in [0.25, 0.3) is 5.91 Å². The minimum Gasteiger partial charge on any atom is -0.457 e. The summed E-state index contributed by atoms with van der Waals surface area (Å²) in [6.45, 7) is 20.0. The first-order chi connectivity index (χ1) is 25.0. The van der Waals surface area contributed by atoms with Crippen molar-refractivity contribution in [2.75, 3.05) is 32.7 Å². The summed E-state index contributed by atoms with van der Waals surface area (Å²) in [7, 11) is 0. The molecular weight excluding hydrogens is 668 g/mol. The molecule has 2 aliphatic heterocycles. The summed E-state index contributed by atoms with van der Waals surface area (Å²) < 4.78 is 12.5. The molecule has 2 aromatic rings. The van der Waals surface area contributed by atoms with E-state index in [2.05, 4.69) is 53.4 Å². The molecule has 0 radical (unpaired) electrons. The van der Waals surface area contributed by atoms with Crippen molar-refractivity contribution in [1.29, 1.82) is 0 Å². The Labute approximate surface area is 317 Å². The number of likely N-dealkylation sites (tertiary alicyclic amines) is 1. The number of piperidine rings is 1. The summed E-state index contributed by atoms with van der Waals surface area (Å²) in [4.78, 5) is 47.7. The van der Waals surface area contributed by atoms with E-state index in [1.165, 1.54) is 0 Å². The number of nitrogens with zero attached hydrogens (tertiary/aromatic N) is 3. The monoisotopic (exact) mass is 732 g/mol. The van der Waals surface area contributed by atoms with Crippen molar-refractivity contribution in [3.8, 4) is 11.5 Å². The molecule has 1 spiro atoms. The van der Waals surface area contributed by atoms with Crippen molar-refractivity contribution in [2.24, 2.45) is 16.6 Å². The molecule has 0 bridgehead atoms. The fraction of sp³-hybridized carbons (Fsp3) is 0.619. The number of hydrogen-bond acceptors (Lipinski definition) is 8. The van der Waals surface area contributed by atoms with Crippen LogP contribution in [-0.4, -0.2) is 95.3 Å². The molecule has 2 fully saturated rings. The van der Waals surface area contributed by atoms with Gasteiger partial charge in [0.15, 0.2) is 0 Å². The van der Waals surface area contributed by atoms with Crippen LogP contribution in [0.15, 0.2) is 53.5 Å². The maximum atomic E-state index is 13.2. The summed E-state index contributed by atoms with van der Waals surface area (Å²) in [5, 5.41) is 5.98. The van der Waals surface area contributed by atoms with E-state index in [9.17, 15) is 14.4 Å². The van der Waals surface area contributed by atoms with Gasteiger partial charge < -0.3 is 30.7 Å². The summed E-state index contributed by atoms with van der Waals surface area (Å²) >= 11 is 0. The van der Waals surface area contributed by atoms with Gasteiger partial charge in [0.2, 0.25) is 11.8 Å². The number of piperazine rings is 1. The molecule has 4 N–H and O–H groups in total. The highest BCUT2D eigenvalue weighted by Gasteiger charge is 2.50. The van der Waals surface area contributed by atoms with Crippen LogP contribution in [0.25, 0.3) is 0 Å². The Hall–Kier alpha value is -3.80. The highest BCUT2D eigenvalue weighted by molar-refractivity contribution is 5.98. The maximum Gasteiger partial charge on any atom is 0.251 e. The van der Waals surface area contributed by atoms with Crippen LogP contribution in [0.2, 0.25) is 0 Å². The van der Waals surface area contributed by atoms with Gasteiger partial charge in [0.1, 0.15) is 17.0 Å². The summed E-state index contributed by atoms with van der Waals surface area (Å²) in [6.07, 6.45) is 6.39. The van der Waals surface area contributed by atoms with Gasteiger partial charge in [-0.25, -0.2) is 0 Å². The first kappa shape index (κ1) is 41.9. The van der Waals surface area contributed by atoms with Crippen LogP contribution in [0.4, 0.5) is 0 Å². The van der Waals surface area contributed by atoms with Gasteiger partial charge in [0, 0.05) is 50.5 Å². The van der Waals surface area contributed by atoms with Crippen LogP contribution in [0, 0.1) is 5.92 Å². The highest BCUT2D eigenvalue weighted by atomic mass is 16.5.